The Morgan fingerprint density at radius 2 is 2.28 bits per heavy atom. The minimum absolute atomic E-state index is 0.00715. The van der Waals surface area contributed by atoms with Crippen LogP contribution in [0.4, 0.5) is 11.9 Å². The van der Waals surface area contributed by atoms with Crippen LogP contribution in [0.25, 0.3) is 0 Å². The fraction of sp³-hybridized carbons (Fsp3) is 0.700. The van der Waals surface area contributed by atoms with Crippen LogP contribution >= 0.6 is 0 Å². The molecule has 3 N–H and O–H groups in total. The van der Waals surface area contributed by atoms with E-state index in [-0.39, 0.29) is 18.1 Å². The molecule has 0 saturated carbocycles. The summed E-state index contributed by atoms with van der Waals surface area (Å²) in [4.78, 5) is 11.9. The molecule has 8 heteroatoms. The van der Waals surface area contributed by atoms with Gasteiger partial charge in [0.05, 0.1) is 32.5 Å². The molecule has 8 nitrogen and oxygen atoms in total. The quantitative estimate of drug-likeness (QED) is 0.737. The van der Waals surface area contributed by atoms with Crippen LogP contribution in [-0.2, 0) is 9.47 Å². The van der Waals surface area contributed by atoms with Gasteiger partial charge in [-0.05, 0) is 6.92 Å². The Labute approximate surface area is 105 Å². The largest absolute Gasteiger partial charge is 0.464 e. The Hall–Kier alpha value is -1.67. The second kappa shape index (κ2) is 6.31. The number of rotatable bonds is 5. The molecule has 1 aliphatic rings. The van der Waals surface area contributed by atoms with E-state index >= 15 is 0 Å². The van der Waals surface area contributed by atoms with E-state index in [1.807, 2.05) is 6.92 Å². The highest BCUT2D eigenvalue weighted by atomic mass is 16.6. The van der Waals surface area contributed by atoms with Crippen molar-refractivity contribution >= 4 is 11.9 Å². The van der Waals surface area contributed by atoms with Gasteiger partial charge in [0.25, 0.3) is 0 Å². The SMILES string of the molecule is CCOc1nc(N)nc(NCC2COCCO2)n1. The minimum atomic E-state index is -0.00715. The molecule has 1 saturated heterocycles. The topological polar surface area (TPSA) is 104 Å². The summed E-state index contributed by atoms with van der Waals surface area (Å²) in [5, 5.41) is 3.03. The third-order valence-electron chi connectivity index (χ3n) is 2.28. The summed E-state index contributed by atoms with van der Waals surface area (Å²) in [6.45, 7) is 4.68. The minimum Gasteiger partial charge on any atom is -0.464 e. The van der Waals surface area contributed by atoms with Gasteiger partial charge in [0.2, 0.25) is 11.9 Å². The Morgan fingerprint density at radius 1 is 1.39 bits per heavy atom. The molecule has 0 aromatic carbocycles. The van der Waals surface area contributed by atoms with Crippen molar-refractivity contribution in [2.75, 3.05) is 44.0 Å². The van der Waals surface area contributed by atoms with E-state index in [4.69, 9.17) is 19.9 Å². The summed E-state index contributed by atoms with van der Waals surface area (Å²) in [6.07, 6.45) is -0.00715. The number of nitrogen functional groups attached to an aromatic ring is 1. The van der Waals surface area contributed by atoms with Gasteiger partial charge in [-0.25, -0.2) is 0 Å². The fourth-order valence-corrected chi connectivity index (χ4v) is 1.50. The smallest absolute Gasteiger partial charge is 0.323 e. The van der Waals surface area contributed by atoms with Crippen molar-refractivity contribution in [2.24, 2.45) is 0 Å². The molecule has 0 bridgehead atoms. The molecule has 1 unspecified atom stereocenters. The first-order chi connectivity index (χ1) is 8.78. The molecule has 100 valence electrons. The van der Waals surface area contributed by atoms with E-state index in [1.165, 1.54) is 0 Å². The van der Waals surface area contributed by atoms with E-state index in [2.05, 4.69) is 20.3 Å². The maximum absolute atomic E-state index is 5.56. The molecule has 1 aromatic rings. The van der Waals surface area contributed by atoms with Crippen molar-refractivity contribution in [3.05, 3.63) is 0 Å². The summed E-state index contributed by atoms with van der Waals surface area (Å²) in [7, 11) is 0. The predicted octanol–water partition coefficient (Wildman–Crippen LogP) is -0.320. The monoisotopic (exact) mass is 255 g/mol. The third-order valence-corrected chi connectivity index (χ3v) is 2.28. The molecular weight excluding hydrogens is 238 g/mol. The molecular formula is C10H17N5O3. The molecule has 2 rings (SSSR count). The average Bonchev–Trinajstić information content (AvgIpc) is 2.37. The normalized spacial score (nSPS) is 19.5. The molecule has 1 atom stereocenters. The Bertz CT molecular complexity index is 384. The van der Waals surface area contributed by atoms with Gasteiger partial charge in [0.1, 0.15) is 0 Å². The molecule has 1 aromatic heterocycles. The van der Waals surface area contributed by atoms with E-state index in [0.717, 1.165) is 0 Å². The first-order valence-electron chi connectivity index (χ1n) is 5.85. The molecule has 18 heavy (non-hydrogen) atoms. The zero-order valence-corrected chi connectivity index (χ0v) is 10.3. The molecule has 2 heterocycles. The van der Waals surface area contributed by atoms with E-state index in [1.54, 1.807) is 0 Å². The van der Waals surface area contributed by atoms with E-state index < -0.39 is 0 Å². The lowest BCUT2D eigenvalue weighted by Crippen LogP contribution is -2.34. The van der Waals surface area contributed by atoms with Crippen LogP contribution in [0.3, 0.4) is 0 Å². The molecule has 1 aliphatic heterocycles. The van der Waals surface area contributed by atoms with E-state index in [9.17, 15) is 0 Å². The lowest BCUT2D eigenvalue weighted by molar-refractivity contribution is -0.0819. The van der Waals surface area contributed by atoms with Gasteiger partial charge < -0.3 is 25.3 Å². The molecule has 0 amide bonds. The maximum atomic E-state index is 5.56. The fourth-order valence-electron chi connectivity index (χ4n) is 1.50. The Morgan fingerprint density at radius 3 is 3.00 bits per heavy atom. The second-order valence-corrected chi connectivity index (χ2v) is 3.68. The van der Waals surface area contributed by atoms with Gasteiger partial charge in [-0.2, -0.15) is 15.0 Å². The number of nitrogens with two attached hydrogens (primary N) is 1. The second-order valence-electron chi connectivity index (χ2n) is 3.68. The van der Waals surface area contributed by atoms with Gasteiger partial charge >= 0.3 is 6.01 Å². The highest BCUT2D eigenvalue weighted by molar-refractivity contribution is 5.32. The lowest BCUT2D eigenvalue weighted by Gasteiger charge is -2.23. The third kappa shape index (κ3) is 3.67. The average molecular weight is 255 g/mol. The number of nitrogens with one attached hydrogen (secondary N) is 1. The van der Waals surface area contributed by atoms with Crippen LogP contribution in [0.5, 0.6) is 6.01 Å². The summed E-state index contributed by atoms with van der Waals surface area (Å²) in [5.74, 6) is 0.497. The number of anilines is 2. The summed E-state index contributed by atoms with van der Waals surface area (Å²) in [6, 6.07) is 0.216. The summed E-state index contributed by atoms with van der Waals surface area (Å²) in [5.41, 5.74) is 5.56. The Kier molecular flexibility index (Phi) is 4.48. The van der Waals surface area contributed by atoms with Gasteiger partial charge in [-0.3, -0.25) is 0 Å². The lowest BCUT2D eigenvalue weighted by atomic mass is 10.3. The van der Waals surface area contributed by atoms with Crippen LogP contribution in [0.2, 0.25) is 0 Å². The number of aromatic nitrogens is 3. The summed E-state index contributed by atoms with van der Waals surface area (Å²) >= 11 is 0. The maximum Gasteiger partial charge on any atom is 0.323 e. The standard InChI is InChI=1S/C10H17N5O3/c1-2-17-10-14-8(11)13-9(15-10)12-5-7-6-16-3-4-18-7/h7H,2-6H2,1H3,(H3,11,12,13,14,15). The predicted molar refractivity (Wildman–Crippen MR) is 64.5 cm³/mol. The zero-order valence-electron chi connectivity index (χ0n) is 10.3. The van der Waals surface area contributed by atoms with Crippen molar-refractivity contribution in [3.8, 4) is 6.01 Å². The van der Waals surface area contributed by atoms with Crippen molar-refractivity contribution in [2.45, 2.75) is 13.0 Å². The molecule has 0 radical (unpaired) electrons. The van der Waals surface area contributed by atoms with Gasteiger partial charge in [0, 0.05) is 6.54 Å². The van der Waals surface area contributed by atoms with Gasteiger partial charge in [-0.15, -0.1) is 0 Å². The first-order valence-corrected chi connectivity index (χ1v) is 5.85. The Balaban J connectivity index is 1.91. The van der Waals surface area contributed by atoms with Crippen molar-refractivity contribution < 1.29 is 14.2 Å². The number of nitrogens with zero attached hydrogens (tertiary/aromatic N) is 3. The number of ether oxygens (including phenoxy) is 3. The number of hydrogen-bond acceptors (Lipinski definition) is 8. The van der Waals surface area contributed by atoms with Crippen LogP contribution in [0.1, 0.15) is 6.92 Å². The highest BCUT2D eigenvalue weighted by Crippen LogP contribution is 2.09. The highest BCUT2D eigenvalue weighted by Gasteiger charge is 2.14. The van der Waals surface area contributed by atoms with Crippen LogP contribution in [0.15, 0.2) is 0 Å². The van der Waals surface area contributed by atoms with Crippen molar-refractivity contribution in [3.63, 3.8) is 0 Å². The van der Waals surface area contributed by atoms with Crippen LogP contribution in [0, 0.1) is 0 Å². The molecule has 0 aliphatic carbocycles. The number of hydrogen-bond donors (Lipinski definition) is 2. The molecule has 1 fully saturated rings. The van der Waals surface area contributed by atoms with Gasteiger partial charge in [-0.1, -0.05) is 0 Å². The molecule has 0 spiro atoms. The zero-order chi connectivity index (χ0) is 12.8. The van der Waals surface area contributed by atoms with Gasteiger partial charge in [0.15, 0.2) is 0 Å². The van der Waals surface area contributed by atoms with Crippen LogP contribution in [-0.4, -0.2) is 54.0 Å². The van der Waals surface area contributed by atoms with Crippen LogP contribution < -0.4 is 15.8 Å². The van der Waals surface area contributed by atoms with E-state index in [0.29, 0.717) is 38.9 Å². The first kappa shape index (κ1) is 12.8. The van der Waals surface area contributed by atoms with Crippen molar-refractivity contribution in [1.82, 2.24) is 15.0 Å². The summed E-state index contributed by atoms with van der Waals surface area (Å²) < 4.78 is 16.0. The van der Waals surface area contributed by atoms with Crippen molar-refractivity contribution in [1.29, 1.82) is 0 Å².